The molecule has 0 saturated heterocycles. The van der Waals surface area contributed by atoms with Crippen LogP contribution in [0.25, 0.3) is 0 Å². The molecule has 0 saturated carbocycles. The number of methoxy groups -OCH3 is 1. The number of nitrogens with one attached hydrogen (secondary N) is 2. The van der Waals surface area contributed by atoms with Gasteiger partial charge >= 0.3 is 0 Å². The first-order chi connectivity index (χ1) is 13.8. The van der Waals surface area contributed by atoms with Crippen LogP contribution in [-0.4, -0.2) is 20.1 Å². The molecule has 3 aromatic rings. The Balaban J connectivity index is 0.00000300. The average Bonchev–Trinajstić information content (AvgIpc) is 3.27. The lowest BCUT2D eigenvalue weighted by Gasteiger charge is -2.14. The molecule has 5 nitrogen and oxygen atoms in total. The van der Waals surface area contributed by atoms with Crippen LogP contribution >= 0.6 is 35.3 Å². The van der Waals surface area contributed by atoms with Gasteiger partial charge in [0.15, 0.2) is 17.5 Å². The molecule has 0 bridgehead atoms. The molecule has 29 heavy (non-hydrogen) atoms. The quantitative estimate of drug-likeness (QED) is 0.253. The number of nitrogens with zero attached hydrogens (tertiary/aromatic N) is 1. The highest BCUT2D eigenvalue weighted by Crippen LogP contribution is 2.28. The van der Waals surface area contributed by atoms with Crippen LogP contribution in [-0.2, 0) is 19.7 Å². The minimum absolute atomic E-state index is 0. The zero-order chi connectivity index (χ0) is 19.6. The van der Waals surface area contributed by atoms with E-state index in [1.54, 1.807) is 25.5 Å². The fraction of sp³-hybridized carbons (Fsp3) is 0.227. The lowest BCUT2D eigenvalue weighted by Crippen LogP contribution is -2.36. The second-order valence-corrected chi connectivity index (χ2v) is 6.95. The minimum atomic E-state index is 0. The molecule has 0 fully saturated rings. The molecule has 1 aromatic heterocycles. The summed E-state index contributed by atoms with van der Waals surface area (Å²) in [6.45, 7) is 1.89. The Morgan fingerprint density at radius 1 is 0.931 bits per heavy atom. The summed E-state index contributed by atoms with van der Waals surface area (Å²) in [5.41, 5.74) is 3.45. The van der Waals surface area contributed by atoms with Crippen molar-refractivity contribution < 1.29 is 9.47 Å². The number of hydrogen-bond acceptors (Lipinski definition) is 4. The number of thiophene rings is 1. The van der Waals surface area contributed by atoms with E-state index in [4.69, 9.17) is 9.47 Å². The SMILES string of the molecule is CN=C(NCc1ccsc1)NCc1ccc(OCc2ccccc2)c(OC)c1.I. The third-order valence-electron chi connectivity index (χ3n) is 4.19. The molecule has 0 aliphatic carbocycles. The molecule has 2 aromatic carbocycles. The normalized spacial score (nSPS) is 10.8. The zero-order valence-electron chi connectivity index (χ0n) is 16.6. The van der Waals surface area contributed by atoms with E-state index in [9.17, 15) is 0 Å². The van der Waals surface area contributed by atoms with Crippen LogP contribution in [0.4, 0.5) is 0 Å². The predicted molar refractivity (Wildman–Crippen MR) is 131 cm³/mol. The summed E-state index contributed by atoms with van der Waals surface area (Å²) in [4.78, 5) is 4.27. The highest BCUT2D eigenvalue weighted by molar-refractivity contribution is 14.0. The van der Waals surface area contributed by atoms with Crippen molar-refractivity contribution in [3.63, 3.8) is 0 Å². The fourth-order valence-electron chi connectivity index (χ4n) is 2.66. The molecule has 0 aliphatic heterocycles. The summed E-state index contributed by atoms with van der Waals surface area (Å²) in [7, 11) is 3.42. The Labute approximate surface area is 193 Å². The molecule has 0 spiro atoms. The number of rotatable bonds is 8. The Hall–Kier alpha value is -2.26. The number of aliphatic imine (C=N–C) groups is 1. The van der Waals surface area contributed by atoms with Crippen LogP contribution in [0.2, 0.25) is 0 Å². The fourth-order valence-corrected chi connectivity index (χ4v) is 3.33. The Morgan fingerprint density at radius 3 is 2.34 bits per heavy atom. The van der Waals surface area contributed by atoms with Gasteiger partial charge < -0.3 is 20.1 Å². The van der Waals surface area contributed by atoms with Crippen LogP contribution in [0.15, 0.2) is 70.3 Å². The minimum Gasteiger partial charge on any atom is -0.493 e. The van der Waals surface area contributed by atoms with Gasteiger partial charge in [-0.25, -0.2) is 0 Å². The van der Waals surface area contributed by atoms with Gasteiger partial charge in [-0.2, -0.15) is 11.3 Å². The molecule has 1 heterocycles. The van der Waals surface area contributed by atoms with Crippen LogP contribution in [0.3, 0.4) is 0 Å². The summed E-state index contributed by atoms with van der Waals surface area (Å²) in [5.74, 6) is 2.21. The van der Waals surface area contributed by atoms with E-state index in [1.165, 1.54) is 5.56 Å². The first-order valence-electron chi connectivity index (χ1n) is 9.07. The van der Waals surface area contributed by atoms with E-state index in [1.807, 2.05) is 48.5 Å². The largest absolute Gasteiger partial charge is 0.493 e. The molecule has 154 valence electrons. The van der Waals surface area contributed by atoms with Gasteiger partial charge in [0.1, 0.15) is 6.61 Å². The summed E-state index contributed by atoms with van der Waals surface area (Å²) >= 11 is 1.69. The Kier molecular flexibility index (Phi) is 9.79. The number of benzene rings is 2. The van der Waals surface area contributed by atoms with E-state index in [0.29, 0.717) is 13.2 Å². The predicted octanol–water partition coefficient (Wildman–Crippen LogP) is 4.82. The van der Waals surface area contributed by atoms with E-state index >= 15 is 0 Å². The molecular weight excluding hydrogens is 497 g/mol. The maximum Gasteiger partial charge on any atom is 0.191 e. The van der Waals surface area contributed by atoms with E-state index in [-0.39, 0.29) is 24.0 Å². The van der Waals surface area contributed by atoms with E-state index in [2.05, 4.69) is 32.5 Å². The Bertz CT molecular complexity index is 886. The maximum absolute atomic E-state index is 5.92. The summed E-state index contributed by atoms with van der Waals surface area (Å²) < 4.78 is 11.4. The highest BCUT2D eigenvalue weighted by atomic mass is 127. The van der Waals surface area contributed by atoms with Gasteiger partial charge in [-0.15, -0.1) is 24.0 Å². The first kappa shape index (κ1) is 23.0. The monoisotopic (exact) mass is 523 g/mol. The second kappa shape index (κ2) is 12.3. The third-order valence-corrected chi connectivity index (χ3v) is 4.92. The first-order valence-corrected chi connectivity index (χ1v) is 10.0. The van der Waals surface area contributed by atoms with Crippen molar-refractivity contribution in [2.24, 2.45) is 4.99 Å². The van der Waals surface area contributed by atoms with Crippen molar-refractivity contribution in [1.82, 2.24) is 10.6 Å². The van der Waals surface area contributed by atoms with Gasteiger partial charge in [-0.3, -0.25) is 4.99 Å². The average molecular weight is 523 g/mol. The van der Waals surface area contributed by atoms with Crippen LogP contribution in [0.5, 0.6) is 11.5 Å². The zero-order valence-corrected chi connectivity index (χ0v) is 19.7. The molecule has 0 aliphatic rings. The van der Waals surface area contributed by atoms with Crippen molar-refractivity contribution in [2.75, 3.05) is 14.2 Å². The highest BCUT2D eigenvalue weighted by Gasteiger charge is 2.07. The smallest absolute Gasteiger partial charge is 0.191 e. The van der Waals surface area contributed by atoms with Crippen LogP contribution < -0.4 is 20.1 Å². The molecule has 0 amide bonds. The number of guanidine groups is 1. The number of ether oxygens (including phenoxy) is 2. The molecule has 7 heteroatoms. The summed E-state index contributed by atoms with van der Waals surface area (Å²) in [5, 5.41) is 10.8. The summed E-state index contributed by atoms with van der Waals surface area (Å²) in [6.07, 6.45) is 0. The number of hydrogen-bond donors (Lipinski definition) is 2. The maximum atomic E-state index is 5.92. The van der Waals surface area contributed by atoms with Crippen molar-refractivity contribution >= 4 is 41.3 Å². The molecule has 2 N–H and O–H groups in total. The second-order valence-electron chi connectivity index (χ2n) is 6.17. The Morgan fingerprint density at radius 2 is 1.69 bits per heavy atom. The van der Waals surface area contributed by atoms with Crippen molar-refractivity contribution in [3.05, 3.63) is 82.0 Å². The van der Waals surface area contributed by atoms with Crippen molar-refractivity contribution in [1.29, 1.82) is 0 Å². The van der Waals surface area contributed by atoms with E-state index in [0.717, 1.165) is 35.1 Å². The van der Waals surface area contributed by atoms with E-state index < -0.39 is 0 Å². The third kappa shape index (κ3) is 7.25. The lowest BCUT2D eigenvalue weighted by molar-refractivity contribution is 0.284. The van der Waals surface area contributed by atoms with Gasteiger partial charge in [-0.1, -0.05) is 36.4 Å². The van der Waals surface area contributed by atoms with Gasteiger partial charge in [0.05, 0.1) is 7.11 Å². The van der Waals surface area contributed by atoms with Gasteiger partial charge in [0.2, 0.25) is 0 Å². The molecular formula is C22H26IN3O2S. The molecule has 3 rings (SSSR count). The van der Waals surface area contributed by atoms with Gasteiger partial charge in [0, 0.05) is 20.1 Å². The van der Waals surface area contributed by atoms with Gasteiger partial charge in [-0.05, 0) is 45.6 Å². The standard InChI is InChI=1S/C22H25N3O2S.HI/c1-23-22(25-14-19-10-11-28-16-19)24-13-18-8-9-20(21(12-18)26-2)27-15-17-6-4-3-5-7-17;/h3-12,16H,13-15H2,1-2H3,(H2,23,24,25);1H. The molecule has 0 atom stereocenters. The number of halogens is 1. The molecule has 0 unspecified atom stereocenters. The van der Waals surface area contributed by atoms with Crippen molar-refractivity contribution in [2.45, 2.75) is 19.7 Å². The lowest BCUT2D eigenvalue weighted by atomic mass is 10.2. The topological polar surface area (TPSA) is 54.9 Å². The van der Waals surface area contributed by atoms with Crippen LogP contribution in [0.1, 0.15) is 16.7 Å². The van der Waals surface area contributed by atoms with Crippen molar-refractivity contribution in [3.8, 4) is 11.5 Å². The molecule has 0 radical (unpaired) electrons. The summed E-state index contributed by atoms with van der Waals surface area (Å²) in [6, 6.07) is 18.1. The van der Waals surface area contributed by atoms with Gasteiger partial charge in [0.25, 0.3) is 0 Å². The van der Waals surface area contributed by atoms with Crippen LogP contribution in [0, 0.1) is 0 Å².